The Morgan fingerprint density at radius 3 is 2.65 bits per heavy atom. The number of rotatable bonds is 4. The number of nitrogens with two attached hydrogens (primary N) is 1. The van der Waals surface area contributed by atoms with Crippen molar-refractivity contribution in [2.75, 3.05) is 5.32 Å². The molecule has 0 unspecified atom stereocenters. The van der Waals surface area contributed by atoms with Gasteiger partial charge in [-0.3, -0.25) is 14.3 Å². The molecule has 0 fully saturated rings. The summed E-state index contributed by atoms with van der Waals surface area (Å²) in [6, 6.07) is 1.82. The van der Waals surface area contributed by atoms with Crippen molar-refractivity contribution in [1.29, 1.82) is 0 Å². The quantitative estimate of drug-likeness (QED) is 0.902. The van der Waals surface area contributed by atoms with Gasteiger partial charge in [0.1, 0.15) is 0 Å². The number of hydrogen-bond acceptors (Lipinski definition) is 4. The van der Waals surface area contributed by atoms with Gasteiger partial charge in [-0.2, -0.15) is 5.10 Å². The Bertz CT molecular complexity index is 652. The van der Waals surface area contributed by atoms with Crippen molar-refractivity contribution in [3.05, 3.63) is 33.3 Å². The van der Waals surface area contributed by atoms with Crippen molar-refractivity contribution in [1.82, 2.24) is 9.78 Å². The number of thiophene rings is 1. The van der Waals surface area contributed by atoms with Crippen molar-refractivity contribution >= 4 is 28.8 Å². The fourth-order valence-corrected chi connectivity index (χ4v) is 2.66. The molecule has 2 aromatic rings. The average molecular weight is 292 g/mol. The van der Waals surface area contributed by atoms with Crippen LogP contribution in [0, 0.1) is 13.8 Å². The molecule has 0 aliphatic rings. The first-order valence-corrected chi connectivity index (χ1v) is 6.99. The molecular formula is C13H16N4O2S. The van der Waals surface area contributed by atoms with Crippen LogP contribution >= 0.6 is 11.3 Å². The Morgan fingerprint density at radius 1 is 1.45 bits per heavy atom. The van der Waals surface area contributed by atoms with Crippen molar-refractivity contribution in [3.8, 4) is 0 Å². The fourth-order valence-electron chi connectivity index (χ4n) is 1.73. The molecule has 20 heavy (non-hydrogen) atoms. The van der Waals surface area contributed by atoms with Crippen LogP contribution in [-0.4, -0.2) is 21.6 Å². The lowest BCUT2D eigenvalue weighted by molar-refractivity contribution is 0.0995. The van der Waals surface area contributed by atoms with Gasteiger partial charge >= 0.3 is 0 Å². The van der Waals surface area contributed by atoms with E-state index in [2.05, 4.69) is 10.4 Å². The van der Waals surface area contributed by atoms with E-state index in [0.29, 0.717) is 17.1 Å². The summed E-state index contributed by atoms with van der Waals surface area (Å²) in [6.07, 6.45) is 1.60. The highest BCUT2D eigenvalue weighted by molar-refractivity contribution is 7.14. The van der Waals surface area contributed by atoms with E-state index in [-0.39, 0.29) is 11.6 Å². The maximum Gasteiger partial charge on any atom is 0.271 e. The first-order chi connectivity index (χ1) is 9.42. The van der Waals surface area contributed by atoms with E-state index in [0.717, 1.165) is 10.4 Å². The molecule has 2 heterocycles. The molecule has 2 rings (SSSR count). The number of nitrogens with zero attached hydrogens (tertiary/aromatic N) is 2. The lowest BCUT2D eigenvalue weighted by Gasteiger charge is -2.01. The van der Waals surface area contributed by atoms with E-state index < -0.39 is 5.91 Å². The van der Waals surface area contributed by atoms with E-state index in [1.54, 1.807) is 10.9 Å². The van der Waals surface area contributed by atoms with Gasteiger partial charge < -0.3 is 11.1 Å². The largest absolute Gasteiger partial charge is 0.364 e. The number of amides is 2. The number of aryl methyl sites for hydroxylation is 3. The van der Waals surface area contributed by atoms with Gasteiger partial charge in [0.25, 0.3) is 11.8 Å². The second-order valence-corrected chi connectivity index (χ2v) is 5.67. The molecule has 106 valence electrons. The molecule has 0 saturated carbocycles. The van der Waals surface area contributed by atoms with Crippen LogP contribution in [0.4, 0.5) is 5.69 Å². The molecule has 0 atom stereocenters. The van der Waals surface area contributed by atoms with Crippen LogP contribution in [0.15, 0.2) is 12.3 Å². The first kappa shape index (κ1) is 14.3. The molecule has 0 aliphatic heterocycles. The Labute approximate surface area is 120 Å². The van der Waals surface area contributed by atoms with Crippen molar-refractivity contribution in [2.24, 2.45) is 5.73 Å². The maximum absolute atomic E-state index is 12.2. The molecule has 7 heteroatoms. The zero-order valence-corrected chi connectivity index (χ0v) is 12.4. The SMILES string of the molecule is CCn1cc(NC(=O)c2cc(C)c(C)s2)c(C(N)=O)n1. The topological polar surface area (TPSA) is 90.0 Å². The third-order valence-corrected chi connectivity index (χ3v) is 4.11. The molecule has 0 spiro atoms. The molecule has 0 aromatic carbocycles. The fraction of sp³-hybridized carbons (Fsp3) is 0.308. The summed E-state index contributed by atoms with van der Waals surface area (Å²) in [5, 5.41) is 6.72. The van der Waals surface area contributed by atoms with Crippen LogP contribution < -0.4 is 11.1 Å². The molecule has 6 nitrogen and oxygen atoms in total. The maximum atomic E-state index is 12.2. The number of carbonyl (C=O) groups excluding carboxylic acids is 2. The van der Waals surface area contributed by atoms with Crippen LogP contribution in [0.2, 0.25) is 0 Å². The smallest absolute Gasteiger partial charge is 0.271 e. The van der Waals surface area contributed by atoms with Crippen LogP contribution in [0.5, 0.6) is 0 Å². The van der Waals surface area contributed by atoms with Crippen molar-refractivity contribution < 1.29 is 9.59 Å². The van der Waals surface area contributed by atoms with Gasteiger partial charge in [0.15, 0.2) is 5.69 Å². The zero-order chi connectivity index (χ0) is 14.9. The molecule has 2 aromatic heterocycles. The van der Waals surface area contributed by atoms with E-state index in [1.807, 2.05) is 26.8 Å². The summed E-state index contributed by atoms with van der Waals surface area (Å²) in [4.78, 5) is 25.2. The molecule has 0 radical (unpaired) electrons. The molecule has 0 aliphatic carbocycles. The summed E-state index contributed by atoms with van der Waals surface area (Å²) in [6.45, 7) is 6.38. The summed E-state index contributed by atoms with van der Waals surface area (Å²) in [5.41, 5.74) is 6.75. The lowest BCUT2D eigenvalue weighted by atomic mass is 10.2. The highest BCUT2D eigenvalue weighted by Crippen LogP contribution is 2.22. The average Bonchev–Trinajstić information content (AvgIpc) is 2.94. The summed E-state index contributed by atoms with van der Waals surface area (Å²) >= 11 is 1.41. The number of anilines is 1. The summed E-state index contributed by atoms with van der Waals surface area (Å²) in [7, 11) is 0. The number of nitrogens with one attached hydrogen (secondary N) is 1. The normalized spacial score (nSPS) is 10.6. The zero-order valence-electron chi connectivity index (χ0n) is 11.6. The van der Waals surface area contributed by atoms with Gasteiger partial charge in [-0.15, -0.1) is 11.3 Å². The van der Waals surface area contributed by atoms with Crippen LogP contribution in [0.25, 0.3) is 0 Å². The third-order valence-electron chi connectivity index (χ3n) is 2.96. The van der Waals surface area contributed by atoms with Gasteiger partial charge in [-0.1, -0.05) is 0 Å². The highest BCUT2D eigenvalue weighted by Gasteiger charge is 2.18. The second kappa shape index (κ2) is 5.46. The number of primary amides is 1. The van der Waals surface area contributed by atoms with Crippen LogP contribution in [0.1, 0.15) is 37.5 Å². The van der Waals surface area contributed by atoms with E-state index in [9.17, 15) is 9.59 Å². The number of hydrogen-bond donors (Lipinski definition) is 2. The minimum atomic E-state index is -0.661. The van der Waals surface area contributed by atoms with Crippen LogP contribution in [-0.2, 0) is 6.54 Å². The standard InChI is InChI=1S/C13H16N4O2S/c1-4-17-6-9(11(16-17)12(14)18)15-13(19)10-5-7(2)8(3)20-10/h5-6H,4H2,1-3H3,(H2,14,18)(H,15,19). The molecule has 0 bridgehead atoms. The highest BCUT2D eigenvalue weighted by atomic mass is 32.1. The molecule has 2 amide bonds. The van der Waals surface area contributed by atoms with Gasteiger partial charge in [-0.05, 0) is 32.4 Å². The summed E-state index contributed by atoms with van der Waals surface area (Å²) < 4.78 is 1.56. The van der Waals surface area contributed by atoms with E-state index in [1.165, 1.54) is 11.3 Å². The third kappa shape index (κ3) is 2.72. The Kier molecular flexibility index (Phi) is 3.89. The molecular weight excluding hydrogens is 276 g/mol. The minimum Gasteiger partial charge on any atom is -0.364 e. The number of aromatic nitrogens is 2. The lowest BCUT2D eigenvalue weighted by Crippen LogP contribution is -2.17. The van der Waals surface area contributed by atoms with Gasteiger partial charge in [-0.25, -0.2) is 0 Å². The first-order valence-electron chi connectivity index (χ1n) is 6.18. The Hall–Kier alpha value is -2.15. The van der Waals surface area contributed by atoms with Gasteiger partial charge in [0, 0.05) is 17.6 Å². The van der Waals surface area contributed by atoms with E-state index >= 15 is 0 Å². The minimum absolute atomic E-state index is 0.0743. The molecule has 3 N–H and O–H groups in total. The summed E-state index contributed by atoms with van der Waals surface area (Å²) in [5.74, 6) is -0.921. The predicted molar refractivity (Wildman–Crippen MR) is 78.2 cm³/mol. The second-order valence-electron chi connectivity index (χ2n) is 4.42. The monoisotopic (exact) mass is 292 g/mol. The predicted octanol–water partition coefficient (Wildman–Crippen LogP) is 1.93. The number of carbonyl (C=O) groups is 2. The van der Waals surface area contributed by atoms with Gasteiger partial charge in [0.05, 0.1) is 10.6 Å². The van der Waals surface area contributed by atoms with Crippen molar-refractivity contribution in [3.63, 3.8) is 0 Å². The van der Waals surface area contributed by atoms with Crippen molar-refractivity contribution in [2.45, 2.75) is 27.3 Å². The Balaban J connectivity index is 2.27. The Morgan fingerprint density at radius 2 is 2.15 bits per heavy atom. The van der Waals surface area contributed by atoms with Gasteiger partial charge in [0.2, 0.25) is 0 Å². The van der Waals surface area contributed by atoms with Crippen LogP contribution in [0.3, 0.4) is 0 Å². The van der Waals surface area contributed by atoms with E-state index in [4.69, 9.17) is 5.73 Å². The molecule has 0 saturated heterocycles.